The molecule has 1 N–H and O–H groups in total. The van der Waals surface area contributed by atoms with Gasteiger partial charge in [-0.1, -0.05) is 0 Å². The number of amides is 1. The molecule has 20 heavy (non-hydrogen) atoms. The van der Waals surface area contributed by atoms with Gasteiger partial charge >= 0.3 is 0 Å². The fourth-order valence-corrected chi connectivity index (χ4v) is 3.08. The molecule has 1 fully saturated rings. The number of carbonyl (C=O) groups is 1. The summed E-state index contributed by atoms with van der Waals surface area (Å²) < 4.78 is 1.79. The van der Waals surface area contributed by atoms with E-state index in [2.05, 4.69) is 5.10 Å². The van der Waals surface area contributed by atoms with Crippen LogP contribution in [0.25, 0.3) is 0 Å². The van der Waals surface area contributed by atoms with E-state index in [0.29, 0.717) is 12.8 Å². The maximum Gasteiger partial charge on any atom is 0.223 e. The van der Waals surface area contributed by atoms with E-state index in [0.717, 1.165) is 37.1 Å². The number of hydrogen-bond donors (Lipinski definition) is 1. The Balaban J connectivity index is 1.89. The van der Waals surface area contributed by atoms with Crippen molar-refractivity contribution in [3.8, 4) is 0 Å². The van der Waals surface area contributed by atoms with Crippen molar-refractivity contribution in [2.75, 3.05) is 6.54 Å². The predicted molar refractivity (Wildman–Crippen MR) is 77.3 cm³/mol. The molecule has 2 heterocycles. The standard InChI is InChI=1S/C15H25N3O2/c1-11(19)9-14-5-4-8-18(14)15(20)7-6-13-10-17(3)16-12(13)2/h10-11,14,19H,4-9H2,1-3H3. The van der Waals surface area contributed by atoms with Gasteiger partial charge in [0.05, 0.1) is 11.8 Å². The summed E-state index contributed by atoms with van der Waals surface area (Å²) in [5.41, 5.74) is 2.15. The SMILES string of the molecule is Cc1nn(C)cc1CCC(=O)N1CCCC1CC(C)O. The second-order valence-corrected chi connectivity index (χ2v) is 5.88. The Morgan fingerprint density at radius 2 is 2.35 bits per heavy atom. The molecule has 2 atom stereocenters. The van der Waals surface area contributed by atoms with E-state index in [1.165, 1.54) is 0 Å². The fourth-order valence-electron chi connectivity index (χ4n) is 3.08. The van der Waals surface area contributed by atoms with Crippen molar-refractivity contribution in [2.45, 2.75) is 58.1 Å². The minimum Gasteiger partial charge on any atom is -0.393 e. The van der Waals surface area contributed by atoms with E-state index in [4.69, 9.17) is 0 Å². The Bertz CT molecular complexity index is 468. The van der Waals surface area contributed by atoms with Crippen molar-refractivity contribution in [3.63, 3.8) is 0 Å². The number of aryl methyl sites for hydroxylation is 3. The summed E-state index contributed by atoms with van der Waals surface area (Å²) in [6.07, 6.45) is 5.68. The monoisotopic (exact) mass is 279 g/mol. The topological polar surface area (TPSA) is 58.4 Å². The average Bonchev–Trinajstić information content (AvgIpc) is 2.92. The minimum atomic E-state index is -0.339. The molecule has 0 radical (unpaired) electrons. The summed E-state index contributed by atoms with van der Waals surface area (Å²) in [7, 11) is 1.90. The van der Waals surface area contributed by atoms with Crippen LogP contribution in [0.4, 0.5) is 0 Å². The van der Waals surface area contributed by atoms with Gasteiger partial charge in [0.25, 0.3) is 0 Å². The molecule has 1 aliphatic heterocycles. The van der Waals surface area contributed by atoms with Crippen molar-refractivity contribution in [1.29, 1.82) is 0 Å². The maximum atomic E-state index is 12.3. The van der Waals surface area contributed by atoms with Crippen molar-refractivity contribution >= 4 is 5.91 Å². The molecule has 1 aromatic rings. The van der Waals surface area contributed by atoms with Gasteiger partial charge in [-0.15, -0.1) is 0 Å². The third kappa shape index (κ3) is 3.60. The molecule has 0 saturated carbocycles. The number of likely N-dealkylation sites (tertiary alicyclic amines) is 1. The zero-order valence-corrected chi connectivity index (χ0v) is 12.7. The normalized spacial score (nSPS) is 20.4. The second-order valence-electron chi connectivity index (χ2n) is 5.88. The lowest BCUT2D eigenvalue weighted by molar-refractivity contribution is -0.132. The first-order chi connectivity index (χ1) is 9.47. The van der Waals surface area contributed by atoms with Gasteiger partial charge in [-0.2, -0.15) is 5.10 Å². The van der Waals surface area contributed by atoms with Crippen LogP contribution in [-0.4, -0.2) is 44.4 Å². The van der Waals surface area contributed by atoms with Gasteiger partial charge in [0, 0.05) is 32.3 Å². The molecule has 112 valence electrons. The molecule has 2 rings (SSSR count). The van der Waals surface area contributed by atoms with E-state index in [1.807, 2.05) is 25.1 Å². The fraction of sp³-hybridized carbons (Fsp3) is 0.733. The van der Waals surface area contributed by atoms with Gasteiger partial charge in [-0.3, -0.25) is 9.48 Å². The van der Waals surface area contributed by atoms with Crippen LogP contribution in [0.1, 0.15) is 43.9 Å². The van der Waals surface area contributed by atoms with Crippen LogP contribution in [0.15, 0.2) is 6.20 Å². The lowest BCUT2D eigenvalue weighted by Crippen LogP contribution is -2.37. The van der Waals surface area contributed by atoms with Crippen LogP contribution >= 0.6 is 0 Å². The van der Waals surface area contributed by atoms with Crippen LogP contribution in [0, 0.1) is 6.92 Å². The highest BCUT2D eigenvalue weighted by Gasteiger charge is 2.29. The van der Waals surface area contributed by atoms with E-state index < -0.39 is 0 Å². The molecule has 1 aliphatic rings. The van der Waals surface area contributed by atoms with E-state index in [-0.39, 0.29) is 18.1 Å². The third-order valence-electron chi connectivity index (χ3n) is 4.03. The van der Waals surface area contributed by atoms with E-state index in [9.17, 15) is 9.90 Å². The van der Waals surface area contributed by atoms with Crippen molar-refractivity contribution < 1.29 is 9.90 Å². The quantitative estimate of drug-likeness (QED) is 0.887. The number of aliphatic hydroxyl groups is 1. The Labute approximate surface area is 120 Å². The minimum absolute atomic E-state index is 0.205. The maximum absolute atomic E-state index is 12.3. The number of aromatic nitrogens is 2. The summed E-state index contributed by atoms with van der Waals surface area (Å²) in [5.74, 6) is 0.205. The Morgan fingerprint density at radius 3 is 2.95 bits per heavy atom. The summed E-state index contributed by atoms with van der Waals surface area (Å²) in [6.45, 7) is 4.61. The molecule has 0 spiro atoms. The number of nitrogens with zero attached hydrogens (tertiary/aromatic N) is 3. The van der Waals surface area contributed by atoms with Gasteiger partial charge < -0.3 is 10.0 Å². The molecule has 1 saturated heterocycles. The van der Waals surface area contributed by atoms with E-state index >= 15 is 0 Å². The zero-order chi connectivity index (χ0) is 14.7. The zero-order valence-electron chi connectivity index (χ0n) is 12.7. The summed E-state index contributed by atoms with van der Waals surface area (Å²) in [5, 5.41) is 13.8. The Hall–Kier alpha value is -1.36. The molecule has 5 heteroatoms. The number of hydrogen-bond acceptors (Lipinski definition) is 3. The Kier molecular flexibility index (Phi) is 4.81. The predicted octanol–water partition coefficient (Wildman–Crippen LogP) is 1.42. The van der Waals surface area contributed by atoms with Crippen LogP contribution in [-0.2, 0) is 18.3 Å². The summed E-state index contributed by atoms with van der Waals surface area (Å²) in [6, 6.07) is 0.220. The molecular formula is C15H25N3O2. The van der Waals surface area contributed by atoms with Gasteiger partial charge in [-0.05, 0) is 45.1 Å². The smallest absolute Gasteiger partial charge is 0.223 e. The first-order valence-electron chi connectivity index (χ1n) is 7.44. The lowest BCUT2D eigenvalue weighted by Gasteiger charge is -2.25. The Morgan fingerprint density at radius 1 is 1.60 bits per heavy atom. The van der Waals surface area contributed by atoms with Crippen LogP contribution in [0.2, 0.25) is 0 Å². The molecule has 0 aromatic carbocycles. The van der Waals surface area contributed by atoms with Gasteiger partial charge in [0.2, 0.25) is 5.91 Å². The van der Waals surface area contributed by atoms with Crippen LogP contribution < -0.4 is 0 Å². The lowest BCUT2D eigenvalue weighted by atomic mass is 10.1. The highest BCUT2D eigenvalue weighted by Crippen LogP contribution is 2.23. The van der Waals surface area contributed by atoms with Gasteiger partial charge in [0.1, 0.15) is 0 Å². The summed E-state index contributed by atoms with van der Waals surface area (Å²) in [4.78, 5) is 14.3. The molecular weight excluding hydrogens is 254 g/mol. The molecule has 2 unspecified atom stereocenters. The average molecular weight is 279 g/mol. The molecule has 0 bridgehead atoms. The highest BCUT2D eigenvalue weighted by atomic mass is 16.3. The number of carbonyl (C=O) groups excluding carboxylic acids is 1. The number of rotatable bonds is 5. The van der Waals surface area contributed by atoms with Crippen molar-refractivity contribution in [2.24, 2.45) is 7.05 Å². The van der Waals surface area contributed by atoms with E-state index in [1.54, 1.807) is 11.6 Å². The van der Waals surface area contributed by atoms with Crippen LogP contribution in [0.3, 0.4) is 0 Å². The molecule has 1 aromatic heterocycles. The highest BCUT2D eigenvalue weighted by molar-refractivity contribution is 5.77. The molecule has 0 aliphatic carbocycles. The first-order valence-corrected chi connectivity index (χ1v) is 7.44. The van der Waals surface area contributed by atoms with Gasteiger partial charge in [-0.25, -0.2) is 0 Å². The number of aliphatic hydroxyl groups excluding tert-OH is 1. The molecule has 5 nitrogen and oxygen atoms in total. The third-order valence-corrected chi connectivity index (χ3v) is 4.03. The first kappa shape index (κ1) is 15.0. The van der Waals surface area contributed by atoms with Crippen LogP contribution in [0.5, 0.6) is 0 Å². The van der Waals surface area contributed by atoms with Gasteiger partial charge in [0.15, 0.2) is 0 Å². The molecule has 1 amide bonds. The second kappa shape index (κ2) is 6.39. The summed E-state index contributed by atoms with van der Waals surface area (Å²) >= 11 is 0. The van der Waals surface area contributed by atoms with Crippen molar-refractivity contribution in [1.82, 2.24) is 14.7 Å². The largest absolute Gasteiger partial charge is 0.393 e. The van der Waals surface area contributed by atoms with Crippen molar-refractivity contribution in [3.05, 3.63) is 17.5 Å².